The maximum Gasteiger partial charge on any atom is 0.305 e. The van der Waals surface area contributed by atoms with Crippen molar-refractivity contribution in [3.05, 3.63) is 0 Å². The van der Waals surface area contributed by atoms with Crippen LogP contribution in [0.25, 0.3) is 0 Å². The Kier molecular flexibility index (Phi) is 2.93. The lowest BCUT2D eigenvalue weighted by Crippen LogP contribution is -2.26. The third-order valence-electron chi connectivity index (χ3n) is 1.95. The topological polar surface area (TPSA) is 44.8 Å². The largest absolute Gasteiger partial charge is 0.433 e. The molecule has 2 unspecified atom stereocenters. The van der Waals surface area contributed by atoms with Crippen LogP contribution in [0, 0.1) is 5.41 Å². The first kappa shape index (κ1) is 10.5. The summed E-state index contributed by atoms with van der Waals surface area (Å²) in [7, 11) is 0. The van der Waals surface area contributed by atoms with Gasteiger partial charge in [0.1, 0.15) is 6.10 Å². The number of hydrogen-bond acceptors (Lipinski definition) is 4. The quantitative estimate of drug-likeness (QED) is 0.463. The minimum Gasteiger partial charge on any atom is -0.433 e. The smallest absolute Gasteiger partial charge is 0.305 e. The van der Waals surface area contributed by atoms with Crippen LogP contribution in [0.15, 0.2) is 0 Å². The Balaban J connectivity index is 2.41. The van der Waals surface area contributed by atoms with Crippen molar-refractivity contribution >= 4 is 5.97 Å². The fourth-order valence-corrected chi connectivity index (χ4v) is 1.13. The van der Waals surface area contributed by atoms with Crippen LogP contribution in [0.4, 0.5) is 0 Å². The normalized spacial score (nSPS) is 28.9. The van der Waals surface area contributed by atoms with Crippen molar-refractivity contribution in [3.8, 4) is 0 Å². The highest BCUT2D eigenvalue weighted by molar-refractivity contribution is 5.66. The highest BCUT2D eigenvalue weighted by Gasteiger charge is 2.37. The van der Waals surface area contributed by atoms with Crippen molar-refractivity contribution in [1.29, 1.82) is 0 Å². The van der Waals surface area contributed by atoms with Gasteiger partial charge in [-0.05, 0) is 5.41 Å². The number of carbonyl (C=O) groups is 1. The molecule has 1 heterocycles. The lowest BCUT2D eigenvalue weighted by Gasteiger charge is -2.22. The average Bonchev–Trinajstić information content (AvgIpc) is 2.32. The highest BCUT2D eigenvalue weighted by Crippen LogP contribution is 2.32. The molecule has 0 amide bonds. The van der Waals surface area contributed by atoms with E-state index in [4.69, 9.17) is 14.5 Å². The maximum atomic E-state index is 10.6. The molecule has 0 aromatic heterocycles. The molecule has 0 spiro atoms. The molecule has 4 heteroatoms. The second-order valence-electron chi connectivity index (χ2n) is 4.32. The predicted molar refractivity (Wildman–Crippen MR) is 45.6 cm³/mol. The predicted octanol–water partition coefficient (Wildman–Crippen LogP) is 1.64. The SMILES string of the molecule is CC(=O)OC1CC(C(C)(C)C)OO1. The van der Waals surface area contributed by atoms with Crippen LogP contribution in [-0.2, 0) is 19.3 Å². The molecule has 1 aliphatic rings. The molecular formula is C9H16O4. The molecule has 1 saturated heterocycles. The van der Waals surface area contributed by atoms with E-state index in [9.17, 15) is 4.79 Å². The molecule has 0 saturated carbocycles. The average molecular weight is 188 g/mol. The minimum absolute atomic E-state index is 0.00883. The summed E-state index contributed by atoms with van der Waals surface area (Å²) in [6, 6.07) is 0. The van der Waals surface area contributed by atoms with Crippen LogP contribution in [-0.4, -0.2) is 18.4 Å². The van der Waals surface area contributed by atoms with Gasteiger partial charge in [0.25, 0.3) is 0 Å². The fourth-order valence-electron chi connectivity index (χ4n) is 1.13. The lowest BCUT2D eigenvalue weighted by atomic mass is 9.87. The van der Waals surface area contributed by atoms with Gasteiger partial charge >= 0.3 is 5.97 Å². The lowest BCUT2D eigenvalue weighted by molar-refractivity contribution is -0.343. The van der Waals surface area contributed by atoms with Gasteiger partial charge in [0.2, 0.25) is 6.29 Å². The monoisotopic (exact) mass is 188 g/mol. The Morgan fingerprint density at radius 1 is 1.38 bits per heavy atom. The maximum absolute atomic E-state index is 10.6. The van der Waals surface area contributed by atoms with Gasteiger partial charge in [0, 0.05) is 13.3 Å². The number of rotatable bonds is 1. The standard InChI is InChI=1S/C9H16O4/c1-6(10)11-8-5-7(12-13-8)9(2,3)4/h7-8H,5H2,1-4H3. The Labute approximate surface area is 78.1 Å². The molecule has 1 fully saturated rings. The van der Waals surface area contributed by atoms with E-state index in [0.29, 0.717) is 6.42 Å². The Morgan fingerprint density at radius 3 is 2.38 bits per heavy atom. The van der Waals surface area contributed by atoms with Gasteiger partial charge in [-0.3, -0.25) is 4.79 Å². The summed E-state index contributed by atoms with van der Waals surface area (Å²) in [5.41, 5.74) is 0.00883. The van der Waals surface area contributed by atoms with E-state index in [0.717, 1.165) is 0 Å². The van der Waals surface area contributed by atoms with E-state index < -0.39 is 6.29 Å². The van der Waals surface area contributed by atoms with E-state index in [1.54, 1.807) is 0 Å². The Hall–Kier alpha value is -0.610. The zero-order valence-corrected chi connectivity index (χ0v) is 8.49. The molecule has 2 atom stereocenters. The van der Waals surface area contributed by atoms with Crippen LogP contribution in [0.2, 0.25) is 0 Å². The number of hydrogen-bond donors (Lipinski definition) is 0. The summed E-state index contributed by atoms with van der Waals surface area (Å²) in [5, 5.41) is 0. The second kappa shape index (κ2) is 3.64. The molecule has 0 aromatic carbocycles. The molecule has 4 nitrogen and oxygen atoms in total. The molecule has 0 N–H and O–H groups in total. The summed E-state index contributed by atoms with van der Waals surface area (Å²) in [6.45, 7) is 7.51. The first-order valence-electron chi connectivity index (χ1n) is 4.39. The summed E-state index contributed by atoms with van der Waals surface area (Å²) < 4.78 is 4.85. The summed E-state index contributed by atoms with van der Waals surface area (Å²) in [4.78, 5) is 20.5. The van der Waals surface area contributed by atoms with Crippen LogP contribution >= 0.6 is 0 Å². The van der Waals surface area contributed by atoms with Gasteiger partial charge in [-0.1, -0.05) is 20.8 Å². The molecule has 0 aliphatic carbocycles. The Bertz CT molecular complexity index is 194. The van der Waals surface area contributed by atoms with Crippen molar-refractivity contribution in [2.45, 2.75) is 46.5 Å². The van der Waals surface area contributed by atoms with Crippen molar-refractivity contribution in [2.75, 3.05) is 0 Å². The zero-order valence-electron chi connectivity index (χ0n) is 8.49. The van der Waals surface area contributed by atoms with Gasteiger partial charge in [0.05, 0.1) is 0 Å². The van der Waals surface area contributed by atoms with Crippen LogP contribution in [0.1, 0.15) is 34.1 Å². The Morgan fingerprint density at radius 2 is 2.00 bits per heavy atom. The number of esters is 1. The molecule has 76 valence electrons. The molecule has 13 heavy (non-hydrogen) atoms. The molecule has 1 rings (SSSR count). The van der Waals surface area contributed by atoms with E-state index in [2.05, 4.69) is 20.8 Å². The van der Waals surface area contributed by atoms with Gasteiger partial charge in [-0.25, -0.2) is 4.89 Å². The van der Waals surface area contributed by atoms with Crippen molar-refractivity contribution in [1.82, 2.24) is 0 Å². The fraction of sp³-hybridized carbons (Fsp3) is 0.889. The van der Waals surface area contributed by atoms with E-state index in [-0.39, 0.29) is 17.5 Å². The van der Waals surface area contributed by atoms with E-state index >= 15 is 0 Å². The molecular weight excluding hydrogens is 172 g/mol. The second-order valence-corrected chi connectivity index (χ2v) is 4.32. The van der Waals surface area contributed by atoms with Gasteiger partial charge in [-0.15, -0.1) is 0 Å². The summed E-state index contributed by atoms with van der Waals surface area (Å²) in [5.74, 6) is -0.344. The van der Waals surface area contributed by atoms with Crippen LogP contribution in [0.3, 0.4) is 0 Å². The van der Waals surface area contributed by atoms with Crippen LogP contribution in [0.5, 0.6) is 0 Å². The molecule has 0 radical (unpaired) electrons. The highest BCUT2D eigenvalue weighted by atomic mass is 17.2. The summed E-state index contributed by atoms with van der Waals surface area (Å²) in [6.07, 6.45) is 0.0434. The van der Waals surface area contributed by atoms with Gasteiger partial charge in [0.15, 0.2) is 0 Å². The zero-order chi connectivity index (χ0) is 10.1. The molecule has 0 bridgehead atoms. The summed E-state index contributed by atoms with van der Waals surface area (Å²) >= 11 is 0. The van der Waals surface area contributed by atoms with E-state index in [1.165, 1.54) is 6.92 Å². The van der Waals surface area contributed by atoms with Crippen molar-refractivity contribution in [2.24, 2.45) is 5.41 Å². The van der Waals surface area contributed by atoms with Crippen LogP contribution < -0.4 is 0 Å². The van der Waals surface area contributed by atoms with Crippen molar-refractivity contribution < 1.29 is 19.3 Å². The first-order chi connectivity index (χ1) is 5.89. The van der Waals surface area contributed by atoms with Gasteiger partial charge < -0.3 is 4.74 Å². The minimum atomic E-state index is -0.540. The van der Waals surface area contributed by atoms with Crippen molar-refractivity contribution in [3.63, 3.8) is 0 Å². The number of ether oxygens (including phenoxy) is 1. The third-order valence-corrected chi connectivity index (χ3v) is 1.95. The molecule has 0 aromatic rings. The molecule has 1 aliphatic heterocycles. The van der Waals surface area contributed by atoms with E-state index in [1.807, 2.05) is 0 Å². The van der Waals surface area contributed by atoms with Gasteiger partial charge in [-0.2, -0.15) is 4.89 Å². The number of carbonyl (C=O) groups excluding carboxylic acids is 1. The third kappa shape index (κ3) is 2.97. The first-order valence-corrected chi connectivity index (χ1v) is 4.39.